The molecular formula is C12H5Cl2F2NO. The zero-order chi connectivity index (χ0) is 13.3. The monoisotopic (exact) mass is 287 g/mol. The van der Waals surface area contributed by atoms with E-state index in [4.69, 9.17) is 23.2 Å². The summed E-state index contributed by atoms with van der Waals surface area (Å²) in [5.74, 6) is -2.35. The summed E-state index contributed by atoms with van der Waals surface area (Å²) in [5.41, 5.74) is -0.600. The maximum absolute atomic E-state index is 13.4. The molecule has 0 fully saturated rings. The number of aromatic nitrogens is 1. The lowest BCUT2D eigenvalue weighted by Crippen LogP contribution is -2.07. The van der Waals surface area contributed by atoms with Crippen LogP contribution in [-0.2, 0) is 0 Å². The minimum atomic E-state index is -0.839. The first-order chi connectivity index (χ1) is 8.49. The van der Waals surface area contributed by atoms with Gasteiger partial charge in [-0.1, -0.05) is 23.2 Å². The van der Waals surface area contributed by atoms with Gasteiger partial charge in [0.25, 0.3) is 0 Å². The Bertz CT molecular complexity index is 631. The predicted octanol–water partition coefficient (Wildman–Crippen LogP) is 3.90. The molecule has 92 valence electrons. The molecule has 0 spiro atoms. The van der Waals surface area contributed by atoms with Crippen molar-refractivity contribution in [3.05, 3.63) is 63.4 Å². The molecule has 0 N–H and O–H groups in total. The molecule has 1 heterocycles. The Morgan fingerprint density at radius 3 is 2.56 bits per heavy atom. The fourth-order valence-corrected chi connectivity index (χ4v) is 1.85. The van der Waals surface area contributed by atoms with Crippen LogP contribution in [0.4, 0.5) is 8.78 Å². The van der Waals surface area contributed by atoms with Gasteiger partial charge in [0.15, 0.2) is 0 Å². The van der Waals surface area contributed by atoms with E-state index < -0.39 is 23.0 Å². The van der Waals surface area contributed by atoms with Crippen molar-refractivity contribution in [2.75, 3.05) is 0 Å². The lowest BCUT2D eigenvalue weighted by Gasteiger charge is -2.04. The molecule has 2 rings (SSSR count). The molecular weight excluding hydrogens is 283 g/mol. The Morgan fingerprint density at radius 1 is 1.17 bits per heavy atom. The van der Waals surface area contributed by atoms with Crippen molar-refractivity contribution in [3.8, 4) is 0 Å². The van der Waals surface area contributed by atoms with Crippen LogP contribution >= 0.6 is 23.2 Å². The van der Waals surface area contributed by atoms with Crippen LogP contribution in [0.1, 0.15) is 16.1 Å². The highest BCUT2D eigenvalue weighted by atomic mass is 35.5. The second-order valence-corrected chi connectivity index (χ2v) is 4.28. The minimum Gasteiger partial charge on any atom is -0.287 e. The Balaban J connectivity index is 2.51. The molecule has 0 radical (unpaired) electrons. The Hall–Kier alpha value is -1.52. The third kappa shape index (κ3) is 2.49. The minimum absolute atomic E-state index is 0.0174. The molecule has 0 aliphatic carbocycles. The van der Waals surface area contributed by atoms with E-state index in [2.05, 4.69) is 4.98 Å². The van der Waals surface area contributed by atoms with Gasteiger partial charge in [-0.2, -0.15) is 0 Å². The SMILES string of the molecule is O=C(c1cc(F)ccc1F)c1ncc(Cl)cc1Cl. The van der Waals surface area contributed by atoms with Crippen molar-refractivity contribution in [3.63, 3.8) is 0 Å². The summed E-state index contributed by atoms with van der Waals surface area (Å²) in [6.45, 7) is 0. The van der Waals surface area contributed by atoms with Gasteiger partial charge in [0, 0.05) is 6.20 Å². The van der Waals surface area contributed by atoms with Crippen molar-refractivity contribution < 1.29 is 13.6 Å². The van der Waals surface area contributed by atoms with Gasteiger partial charge in [-0.15, -0.1) is 0 Å². The molecule has 18 heavy (non-hydrogen) atoms. The second kappa shape index (κ2) is 5.00. The number of ketones is 1. The van der Waals surface area contributed by atoms with Gasteiger partial charge in [0.05, 0.1) is 15.6 Å². The first-order valence-electron chi connectivity index (χ1n) is 4.80. The average molecular weight is 288 g/mol. The van der Waals surface area contributed by atoms with Gasteiger partial charge in [-0.05, 0) is 24.3 Å². The van der Waals surface area contributed by atoms with Gasteiger partial charge in [0.1, 0.15) is 17.3 Å². The van der Waals surface area contributed by atoms with Crippen LogP contribution in [0, 0.1) is 11.6 Å². The number of benzene rings is 1. The predicted molar refractivity (Wildman–Crippen MR) is 64.0 cm³/mol. The van der Waals surface area contributed by atoms with Gasteiger partial charge >= 0.3 is 0 Å². The number of hydrogen-bond acceptors (Lipinski definition) is 2. The maximum atomic E-state index is 13.4. The average Bonchev–Trinajstić information content (AvgIpc) is 2.31. The zero-order valence-electron chi connectivity index (χ0n) is 8.75. The van der Waals surface area contributed by atoms with Crippen LogP contribution in [0.3, 0.4) is 0 Å². The number of pyridine rings is 1. The normalized spacial score (nSPS) is 10.4. The number of carbonyl (C=O) groups is 1. The van der Waals surface area contributed by atoms with E-state index in [9.17, 15) is 13.6 Å². The zero-order valence-corrected chi connectivity index (χ0v) is 10.3. The molecule has 0 aliphatic heterocycles. The third-order valence-electron chi connectivity index (χ3n) is 2.20. The summed E-state index contributed by atoms with van der Waals surface area (Å²) in [7, 11) is 0. The number of carbonyl (C=O) groups excluding carboxylic acids is 1. The molecule has 0 saturated heterocycles. The summed E-state index contributed by atoms with van der Waals surface area (Å²) in [4.78, 5) is 15.7. The molecule has 0 amide bonds. The molecule has 1 aromatic carbocycles. The summed E-state index contributed by atoms with van der Waals surface area (Å²) >= 11 is 11.4. The molecule has 1 aromatic heterocycles. The molecule has 6 heteroatoms. The number of halogens is 4. The maximum Gasteiger partial charge on any atom is 0.215 e. The van der Waals surface area contributed by atoms with Crippen LogP contribution in [-0.4, -0.2) is 10.8 Å². The van der Waals surface area contributed by atoms with E-state index >= 15 is 0 Å². The quantitative estimate of drug-likeness (QED) is 0.784. The number of hydrogen-bond donors (Lipinski definition) is 0. The fraction of sp³-hybridized carbons (Fsp3) is 0. The lowest BCUT2D eigenvalue weighted by atomic mass is 10.1. The summed E-state index contributed by atoms with van der Waals surface area (Å²) in [5, 5.41) is 0.229. The van der Waals surface area contributed by atoms with Gasteiger partial charge in [-0.3, -0.25) is 4.79 Å². The highest BCUT2D eigenvalue weighted by Gasteiger charge is 2.19. The highest BCUT2D eigenvalue weighted by Crippen LogP contribution is 2.22. The second-order valence-electron chi connectivity index (χ2n) is 3.44. The third-order valence-corrected chi connectivity index (χ3v) is 2.69. The highest BCUT2D eigenvalue weighted by molar-refractivity contribution is 6.37. The Labute approximate surface area is 111 Å². The fourth-order valence-electron chi connectivity index (χ4n) is 1.38. The van der Waals surface area contributed by atoms with E-state index in [1.807, 2.05) is 0 Å². The van der Waals surface area contributed by atoms with E-state index in [0.29, 0.717) is 0 Å². The van der Waals surface area contributed by atoms with Crippen LogP contribution in [0.15, 0.2) is 30.5 Å². The van der Waals surface area contributed by atoms with E-state index in [-0.39, 0.29) is 15.7 Å². The van der Waals surface area contributed by atoms with E-state index in [0.717, 1.165) is 18.2 Å². The summed E-state index contributed by atoms with van der Waals surface area (Å²) in [6.07, 6.45) is 1.21. The first-order valence-corrected chi connectivity index (χ1v) is 5.55. The smallest absolute Gasteiger partial charge is 0.215 e. The molecule has 0 atom stereocenters. The van der Waals surface area contributed by atoms with Gasteiger partial charge in [-0.25, -0.2) is 13.8 Å². The van der Waals surface area contributed by atoms with Crippen molar-refractivity contribution in [1.82, 2.24) is 4.98 Å². The first kappa shape index (κ1) is 12.9. The van der Waals surface area contributed by atoms with Crippen LogP contribution in [0.25, 0.3) is 0 Å². The van der Waals surface area contributed by atoms with Crippen LogP contribution < -0.4 is 0 Å². The molecule has 2 nitrogen and oxygen atoms in total. The van der Waals surface area contributed by atoms with Crippen molar-refractivity contribution in [2.24, 2.45) is 0 Å². The molecule has 0 aliphatic rings. The van der Waals surface area contributed by atoms with Crippen LogP contribution in [0.2, 0.25) is 10.0 Å². The van der Waals surface area contributed by atoms with Crippen LogP contribution in [0.5, 0.6) is 0 Å². The Kier molecular flexibility index (Phi) is 3.59. The van der Waals surface area contributed by atoms with Gasteiger partial charge in [0.2, 0.25) is 5.78 Å². The van der Waals surface area contributed by atoms with E-state index in [1.54, 1.807) is 0 Å². The Morgan fingerprint density at radius 2 is 1.89 bits per heavy atom. The lowest BCUT2D eigenvalue weighted by molar-refractivity contribution is 0.103. The number of rotatable bonds is 2. The molecule has 0 unspecified atom stereocenters. The molecule has 2 aromatic rings. The summed E-state index contributed by atoms with van der Waals surface area (Å²) in [6, 6.07) is 3.89. The van der Waals surface area contributed by atoms with Crippen molar-refractivity contribution in [2.45, 2.75) is 0 Å². The van der Waals surface area contributed by atoms with Crippen molar-refractivity contribution in [1.29, 1.82) is 0 Å². The van der Waals surface area contributed by atoms with Crippen molar-refractivity contribution >= 4 is 29.0 Å². The van der Waals surface area contributed by atoms with E-state index in [1.165, 1.54) is 12.3 Å². The standard InChI is InChI=1S/C12H5Cl2F2NO/c13-6-3-9(14)11(17-5-6)12(18)8-4-7(15)1-2-10(8)16/h1-5H. The van der Waals surface area contributed by atoms with Gasteiger partial charge < -0.3 is 0 Å². The topological polar surface area (TPSA) is 30.0 Å². The molecule has 0 saturated carbocycles. The number of nitrogens with zero attached hydrogens (tertiary/aromatic N) is 1. The molecule has 0 bridgehead atoms. The largest absolute Gasteiger partial charge is 0.287 e. The summed E-state index contributed by atoms with van der Waals surface area (Å²) < 4.78 is 26.4.